The lowest BCUT2D eigenvalue weighted by Gasteiger charge is -2.16. The molecule has 0 saturated heterocycles. The minimum atomic E-state index is -4.01. The lowest BCUT2D eigenvalue weighted by Crippen LogP contribution is -2.41. The van der Waals surface area contributed by atoms with Crippen molar-refractivity contribution >= 4 is 22.4 Å². The van der Waals surface area contributed by atoms with E-state index in [2.05, 4.69) is 0 Å². The molecule has 0 aliphatic rings. The van der Waals surface area contributed by atoms with E-state index in [0.717, 1.165) is 0 Å². The van der Waals surface area contributed by atoms with Gasteiger partial charge in [0.25, 0.3) is 5.92 Å². The van der Waals surface area contributed by atoms with Crippen LogP contribution in [0.4, 0.5) is 8.78 Å². The van der Waals surface area contributed by atoms with E-state index in [0.29, 0.717) is 16.9 Å². The van der Waals surface area contributed by atoms with Gasteiger partial charge in [-0.2, -0.15) is 0 Å². The van der Waals surface area contributed by atoms with E-state index in [1.807, 2.05) is 4.72 Å². The lowest BCUT2D eigenvalue weighted by atomic mass is 10.1. The van der Waals surface area contributed by atoms with E-state index < -0.39 is 29.0 Å². The molecule has 0 aliphatic carbocycles. The van der Waals surface area contributed by atoms with Crippen molar-refractivity contribution in [3.8, 4) is 5.75 Å². The molecule has 1 aromatic rings. The molecule has 0 atom stereocenters. The first-order chi connectivity index (χ1) is 9.13. The summed E-state index contributed by atoms with van der Waals surface area (Å²) < 4.78 is 56.9. The number of hydrogen-bond acceptors (Lipinski definition) is 4. The number of nitrogens with two attached hydrogens (primary N) is 1. The van der Waals surface area contributed by atoms with Crippen LogP contribution in [0.2, 0.25) is 0 Å². The average Bonchev–Trinajstić information content (AvgIpc) is 2.36. The number of ether oxygens (including phenoxy) is 1. The smallest absolute Gasteiger partial charge is 0.273 e. The van der Waals surface area contributed by atoms with Crippen LogP contribution in [-0.2, 0) is 10.0 Å². The Bertz CT molecular complexity index is 571. The standard InChI is InChI=1S/C12H18F2N2O3S.ClH/c1-8-4-10(5-9(2)11(8)19-3)20(17,18)16-7-12(13,14)6-15;/h4-5,16H,6-7,15H2,1-3H3;1H. The van der Waals surface area contributed by atoms with Crippen LogP contribution in [0.25, 0.3) is 0 Å². The van der Waals surface area contributed by atoms with Gasteiger partial charge in [0.15, 0.2) is 0 Å². The highest BCUT2D eigenvalue weighted by atomic mass is 35.5. The zero-order valence-electron chi connectivity index (χ0n) is 11.9. The molecule has 0 saturated carbocycles. The fourth-order valence-corrected chi connectivity index (χ4v) is 2.98. The van der Waals surface area contributed by atoms with Crippen LogP contribution in [0.1, 0.15) is 11.1 Å². The highest BCUT2D eigenvalue weighted by Crippen LogP contribution is 2.26. The van der Waals surface area contributed by atoms with Crippen LogP contribution in [0, 0.1) is 13.8 Å². The number of hydrogen-bond donors (Lipinski definition) is 2. The van der Waals surface area contributed by atoms with Gasteiger partial charge in [-0.3, -0.25) is 0 Å². The molecular formula is C12H19ClF2N2O3S. The van der Waals surface area contributed by atoms with Gasteiger partial charge < -0.3 is 10.5 Å². The Morgan fingerprint density at radius 3 is 2.14 bits per heavy atom. The molecule has 122 valence electrons. The second kappa shape index (κ2) is 7.35. The molecule has 0 bridgehead atoms. The highest BCUT2D eigenvalue weighted by molar-refractivity contribution is 7.89. The molecule has 0 heterocycles. The van der Waals surface area contributed by atoms with Gasteiger partial charge in [-0.05, 0) is 37.1 Å². The number of benzene rings is 1. The van der Waals surface area contributed by atoms with Crippen molar-refractivity contribution in [2.24, 2.45) is 5.73 Å². The quantitative estimate of drug-likeness (QED) is 0.821. The first-order valence-electron chi connectivity index (χ1n) is 5.86. The summed E-state index contributed by atoms with van der Waals surface area (Å²) in [5.41, 5.74) is 6.08. The molecule has 0 aliphatic heterocycles. The van der Waals surface area contributed by atoms with Crippen LogP contribution in [0.3, 0.4) is 0 Å². The average molecular weight is 345 g/mol. The summed E-state index contributed by atoms with van der Waals surface area (Å²) >= 11 is 0. The first-order valence-corrected chi connectivity index (χ1v) is 7.34. The second-order valence-electron chi connectivity index (χ2n) is 4.47. The lowest BCUT2D eigenvalue weighted by molar-refractivity contribution is 0.0170. The molecule has 1 rings (SSSR count). The van der Waals surface area contributed by atoms with E-state index in [1.165, 1.54) is 19.2 Å². The molecule has 1 aromatic carbocycles. The molecule has 0 unspecified atom stereocenters. The molecular weight excluding hydrogens is 326 g/mol. The summed E-state index contributed by atoms with van der Waals surface area (Å²) in [5, 5.41) is 0. The van der Waals surface area contributed by atoms with Crippen LogP contribution >= 0.6 is 12.4 Å². The van der Waals surface area contributed by atoms with E-state index in [1.54, 1.807) is 13.8 Å². The Hall–Kier alpha value is -0.960. The molecule has 0 spiro atoms. The Labute approximate surface area is 129 Å². The molecule has 3 N–H and O–H groups in total. The Morgan fingerprint density at radius 2 is 1.76 bits per heavy atom. The number of nitrogens with one attached hydrogen (secondary N) is 1. The van der Waals surface area contributed by atoms with Crippen LogP contribution in [-0.4, -0.2) is 34.5 Å². The third-order valence-electron chi connectivity index (χ3n) is 2.77. The Morgan fingerprint density at radius 1 is 1.29 bits per heavy atom. The number of aryl methyl sites for hydroxylation is 2. The maximum atomic E-state index is 13.0. The Balaban J connectivity index is 0.00000400. The van der Waals surface area contributed by atoms with Gasteiger partial charge in [0.05, 0.1) is 25.1 Å². The van der Waals surface area contributed by atoms with Crippen LogP contribution < -0.4 is 15.2 Å². The fraction of sp³-hybridized carbons (Fsp3) is 0.500. The first kappa shape index (κ1) is 20.0. The van der Waals surface area contributed by atoms with Crippen molar-refractivity contribution in [2.75, 3.05) is 20.2 Å². The molecule has 0 fully saturated rings. The monoisotopic (exact) mass is 344 g/mol. The third kappa shape index (κ3) is 5.06. The van der Waals surface area contributed by atoms with Crippen molar-refractivity contribution in [3.05, 3.63) is 23.3 Å². The third-order valence-corrected chi connectivity index (χ3v) is 4.15. The normalized spacial score (nSPS) is 11.9. The molecule has 0 radical (unpaired) electrons. The summed E-state index contributed by atoms with van der Waals surface area (Å²) in [6.07, 6.45) is 0. The Kier molecular flexibility index (Phi) is 7.01. The summed E-state index contributed by atoms with van der Waals surface area (Å²) in [6, 6.07) is 2.74. The van der Waals surface area contributed by atoms with E-state index >= 15 is 0 Å². The van der Waals surface area contributed by atoms with Gasteiger partial charge in [0, 0.05) is 0 Å². The van der Waals surface area contributed by atoms with Crippen molar-refractivity contribution in [3.63, 3.8) is 0 Å². The SMILES string of the molecule is COc1c(C)cc(S(=O)(=O)NCC(F)(F)CN)cc1C.Cl. The van der Waals surface area contributed by atoms with E-state index in [9.17, 15) is 17.2 Å². The largest absolute Gasteiger partial charge is 0.496 e. The summed E-state index contributed by atoms with van der Waals surface area (Å²) in [7, 11) is -2.54. The number of sulfonamides is 1. The second-order valence-corrected chi connectivity index (χ2v) is 6.24. The molecule has 9 heteroatoms. The van der Waals surface area contributed by atoms with Gasteiger partial charge in [-0.15, -0.1) is 12.4 Å². The van der Waals surface area contributed by atoms with E-state index in [4.69, 9.17) is 10.5 Å². The topological polar surface area (TPSA) is 81.4 Å². The minimum absolute atomic E-state index is 0. The van der Waals surface area contributed by atoms with Crippen LogP contribution in [0.5, 0.6) is 5.75 Å². The number of rotatable bonds is 6. The molecule has 0 aromatic heterocycles. The summed E-state index contributed by atoms with van der Waals surface area (Å²) in [6.45, 7) is 1.41. The predicted molar refractivity (Wildman–Crippen MR) is 78.9 cm³/mol. The summed E-state index contributed by atoms with van der Waals surface area (Å²) in [4.78, 5) is -0.0823. The van der Waals surface area contributed by atoms with Crippen molar-refractivity contribution < 1.29 is 21.9 Å². The van der Waals surface area contributed by atoms with Crippen molar-refractivity contribution in [1.82, 2.24) is 4.72 Å². The zero-order chi connectivity index (χ0) is 15.6. The van der Waals surface area contributed by atoms with Gasteiger partial charge in [0.2, 0.25) is 10.0 Å². The van der Waals surface area contributed by atoms with E-state index in [-0.39, 0.29) is 17.3 Å². The summed E-state index contributed by atoms with van der Waals surface area (Å²) in [5.74, 6) is -2.71. The number of alkyl halides is 2. The number of halogens is 3. The van der Waals surface area contributed by atoms with Crippen molar-refractivity contribution in [2.45, 2.75) is 24.7 Å². The molecule has 5 nitrogen and oxygen atoms in total. The maximum Gasteiger partial charge on any atom is 0.273 e. The number of methoxy groups -OCH3 is 1. The van der Waals surface area contributed by atoms with Gasteiger partial charge in [-0.1, -0.05) is 0 Å². The zero-order valence-corrected chi connectivity index (χ0v) is 13.6. The maximum absolute atomic E-state index is 13.0. The van der Waals surface area contributed by atoms with Gasteiger partial charge in [-0.25, -0.2) is 21.9 Å². The fourth-order valence-electron chi connectivity index (χ4n) is 1.74. The predicted octanol–water partition coefficient (Wildman–Crippen LogP) is 1.61. The van der Waals surface area contributed by atoms with Crippen molar-refractivity contribution in [1.29, 1.82) is 0 Å². The molecule has 21 heavy (non-hydrogen) atoms. The van der Waals surface area contributed by atoms with Gasteiger partial charge >= 0.3 is 0 Å². The van der Waals surface area contributed by atoms with Crippen LogP contribution in [0.15, 0.2) is 17.0 Å². The molecule has 0 amide bonds. The van der Waals surface area contributed by atoms with Gasteiger partial charge in [0.1, 0.15) is 5.75 Å². The minimum Gasteiger partial charge on any atom is -0.496 e. The highest BCUT2D eigenvalue weighted by Gasteiger charge is 2.29.